The topological polar surface area (TPSA) is 105 Å². The molecule has 200 valence electrons. The number of rotatable bonds is 9. The highest BCUT2D eigenvalue weighted by Gasteiger charge is 2.27. The SMILES string of the molecule is O=C(COc1ccccc1Cl)NNC(=O)c1cccc(S(=O)(=O)N(Cc2ccccc2)c2ccccc2Cl)c1. The Kier molecular flexibility index (Phi) is 9.08. The summed E-state index contributed by atoms with van der Waals surface area (Å²) in [5.74, 6) is -1.04. The second kappa shape index (κ2) is 12.7. The maximum Gasteiger partial charge on any atom is 0.276 e. The molecule has 0 aliphatic heterocycles. The molecule has 0 spiro atoms. The molecule has 0 unspecified atom stereocenters. The Bertz CT molecular complexity index is 1580. The lowest BCUT2D eigenvalue weighted by molar-refractivity contribution is -0.123. The molecule has 39 heavy (non-hydrogen) atoms. The van der Waals surface area contributed by atoms with Crippen LogP contribution in [-0.2, 0) is 21.4 Å². The summed E-state index contributed by atoms with van der Waals surface area (Å²) < 4.78 is 34.2. The summed E-state index contributed by atoms with van der Waals surface area (Å²) >= 11 is 12.4. The van der Waals surface area contributed by atoms with Crippen molar-refractivity contribution in [2.75, 3.05) is 10.9 Å². The molecule has 0 aromatic heterocycles. The zero-order valence-electron chi connectivity index (χ0n) is 20.4. The van der Waals surface area contributed by atoms with Crippen molar-refractivity contribution in [3.8, 4) is 5.75 Å². The van der Waals surface area contributed by atoms with Crippen LogP contribution in [0.5, 0.6) is 5.75 Å². The number of carbonyl (C=O) groups is 2. The number of hydrogen-bond donors (Lipinski definition) is 2. The van der Waals surface area contributed by atoms with Crippen molar-refractivity contribution >= 4 is 50.7 Å². The summed E-state index contributed by atoms with van der Waals surface area (Å²) in [6, 6.07) is 27.8. The van der Waals surface area contributed by atoms with Gasteiger partial charge in [0.05, 0.1) is 27.2 Å². The zero-order chi connectivity index (χ0) is 27.8. The van der Waals surface area contributed by atoms with Gasteiger partial charge in [-0.3, -0.25) is 24.7 Å². The number of amides is 2. The van der Waals surface area contributed by atoms with E-state index in [-0.39, 0.29) is 22.0 Å². The van der Waals surface area contributed by atoms with Crippen LogP contribution in [0.3, 0.4) is 0 Å². The van der Waals surface area contributed by atoms with Crippen LogP contribution in [0, 0.1) is 0 Å². The summed E-state index contributed by atoms with van der Waals surface area (Å²) in [5.41, 5.74) is 5.55. The van der Waals surface area contributed by atoms with Crippen molar-refractivity contribution in [3.05, 3.63) is 124 Å². The molecule has 0 bridgehead atoms. The van der Waals surface area contributed by atoms with E-state index in [1.54, 1.807) is 60.7 Å². The van der Waals surface area contributed by atoms with Gasteiger partial charge in [-0.2, -0.15) is 0 Å². The molecular formula is C28H23Cl2N3O5S. The number of hydrazine groups is 1. The fourth-order valence-corrected chi connectivity index (χ4v) is 5.56. The van der Waals surface area contributed by atoms with Crippen LogP contribution in [0.1, 0.15) is 15.9 Å². The molecule has 11 heteroatoms. The molecule has 4 rings (SSSR count). The summed E-state index contributed by atoms with van der Waals surface area (Å²) in [5, 5.41) is 0.595. The largest absolute Gasteiger partial charge is 0.482 e. The third kappa shape index (κ3) is 7.08. The van der Waals surface area contributed by atoms with E-state index in [9.17, 15) is 18.0 Å². The quantitative estimate of drug-likeness (QED) is 0.262. The molecule has 0 aliphatic rings. The number of sulfonamides is 1. The van der Waals surface area contributed by atoms with E-state index in [0.29, 0.717) is 16.5 Å². The minimum Gasteiger partial charge on any atom is -0.482 e. The van der Waals surface area contributed by atoms with E-state index in [4.69, 9.17) is 27.9 Å². The minimum absolute atomic E-state index is 0.0159. The van der Waals surface area contributed by atoms with Crippen LogP contribution in [-0.4, -0.2) is 26.8 Å². The van der Waals surface area contributed by atoms with Gasteiger partial charge in [-0.05, 0) is 48.0 Å². The highest BCUT2D eigenvalue weighted by molar-refractivity contribution is 7.92. The predicted molar refractivity (Wildman–Crippen MR) is 150 cm³/mol. The number of carbonyl (C=O) groups excluding carboxylic acids is 2. The number of nitrogens with zero attached hydrogens (tertiary/aromatic N) is 1. The maximum absolute atomic E-state index is 13.8. The maximum atomic E-state index is 13.8. The predicted octanol–water partition coefficient (Wildman–Crippen LogP) is 5.23. The minimum atomic E-state index is -4.16. The van der Waals surface area contributed by atoms with Crippen molar-refractivity contribution in [1.29, 1.82) is 0 Å². The highest BCUT2D eigenvalue weighted by atomic mass is 35.5. The van der Waals surface area contributed by atoms with Crippen LogP contribution in [0.25, 0.3) is 0 Å². The van der Waals surface area contributed by atoms with Crippen molar-refractivity contribution in [3.63, 3.8) is 0 Å². The fourth-order valence-electron chi connectivity index (χ4n) is 3.57. The molecule has 0 saturated heterocycles. The number of para-hydroxylation sites is 2. The first kappa shape index (κ1) is 28.0. The van der Waals surface area contributed by atoms with E-state index in [0.717, 1.165) is 5.56 Å². The van der Waals surface area contributed by atoms with Gasteiger partial charge in [-0.1, -0.05) is 83.9 Å². The van der Waals surface area contributed by atoms with Crippen molar-refractivity contribution < 1.29 is 22.7 Å². The van der Waals surface area contributed by atoms with Gasteiger partial charge in [0.2, 0.25) is 0 Å². The molecule has 2 amide bonds. The number of ether oxygens (including phenoxy) is 1. The molecule has 4 aromatic carbocycles. The Balaban J connectivity index is 1.50. The zero-order valence-corrected chi connectivity index (χ0v) is 22.7. The number of nitrogens with one attached hydrogen (secondary N) is 2. The van der Waals surface area contributed by atoms with Gasteiger partial charge in [0, 0.05) is 5.56 Å². The molecule has 0 aliphatic carbocycles. The third-order valence-corrected chi connectivity index (χ3v) is 7.87. The second-order valence-electron chi connectivity index (χ2n) is 8.20. The fraction of sp³-hybridized carbons (Fsp3) is 0.0714. The normalized spacial score (nSPS) is 10.9. The van der Waals surface area contributed by atoms with Crippen molar-refractivity contribution in [2.24, 2.45) is 0 Å². The van der Waals surface area contributed by atoms with Gasteiger partial charge in [0.1, 0.15) is 5.75 Å². The van der Waals surface area contributed by atoms with Gasteiger partial charge in [-0.25, -0.2) is 8.42 Å². The molecule has 8 nitrogen and oxygen atoms in total. The van der Waals surface area contributed by atoms with E-state index in [1.165, 1.54) is 28.6 Å². The van der Waals surface area contributed by atoms with E-state index in [2.05, 4.69) is 10.9 Å². The van der Waals surface area contributed by atoms with E-state index < -0.39 is 28.4 Å². The molecular weight excluding hydrogens is 561 g/mol. The van der Waals surface area contributed by atoms with Crippen LogP contribution < -0.4 is 19.9 Å². The lowest BCUT2D eigenvalue weighted by Crippen LogP contribution is -2.43. The number of halogens is 2. The Hall–Kier alpha value is -4.05. The van der Waals surface area contributed by atoms with Gasteiger partial charge in [-0.15, -0.1) is 0 Å². The summed E-state index contributed by atoms with van der Waals surface area (Å²) in [4.78, 5) is 24.7. The Morgan fingerprint density at radius 3 is 2.15 bits per heavy atom. The Morgan fingerprint density at radius 1 is 0.769 bits per heavy atom. The third-order valence-electron chi connectivity index (χ3n) is 5.49. The average Bonchev–Trinajstić information content (AvgIpc) is 2.95. The summed E-state index contributed by atoms with van der Waals surface area (Å²) in [7, 11) is -4.16. The standard InChI is InChI=1S/C28H23Cl2N3O5S/c29-23-13-4-6-15-25(23)33(18-20-9-2-1-3-10-20)39(36,37)22-12-8-11-21(17-22)28(35)32-31-27(34)19-38-26-16-7-5-14-24(26)30/h1-17H,18-19H2,(H,31,34)(H,32,35). The van der Waals surface area contributed by atoms with Gasteiger partial charge in [0.15, 0.2) is 6.61 Å². The Labute approximate surface area is 236 Å². The summed E-state index contributed by atoms with van der Waals surface area (Å²) in [6.07, 6.45) is 0. The molecule has 0 heterocycles. The van der Waals surface area contributed by atoms with Crippen LogP contribution in [0.2, 0.25) is 10.0 Å². The smallest absolute Gasteiger partial charge is 0.276 e. The van der Waals surface area contributed by atoms with Crippen molar-refractivity contribution in [1.82, 2.24) is 10.9 Å². The molecule has 2 N–H and O–H groups in total. The Morgan fingerprint density at radius 2 is 1.44 bits per heavy atom. The number of benzene rings is 4. The first-order valence-corrected chi connectivity index (χ1v) is 13.8. The average molecular weight is 584 g/mol. The molecule has 0 radical (unpaired) electrons. The van der Waals surface area contributed by atoms with Gasteiger partial charge >= 0.3 is 0 Å². The lowest BCUT2D eigenvalue weighted by atomic mass is 10.2. The highest BCUT2D eigenvalue weighted by Crippen LogP contribution is 2.32. The number of anilines is 1. The molecule has 0 atom stereocenters. The molecule has 0 fully saturated rings. The van der Waals surface area contributed by atoms with E-state index in [1.807, 2.05) is 18.2 Å². The molecule has 4 aromatic rings. The summed E-state index contributed by atoms with van der Waals surface area (Å²) in [6.45, 7) is -0.379. The molecule has 0 saturated carbocycles. The second-order valence-corrected chi connectivity index (χ2v) is 10.9. The van der Waals surface area contributed by atoms with Crippen molar-refractivity contribution in [2.45, 2.75) is 11.4 Å². The monoisotopic (exact) mass is 583 g/mol. The van der Waals surface area contributed by atoms with Crippen LogP contribution in [0.15, 0.2) is 108 Å². The van der Waals surface area contributed by atoms with E-state index >= 15 is 0 Å². The van der Waals surface area contributed by atoms with Gasteiger partial charge < -0.3 is 4.74 Å². The first-order chi connectivity index (χ1) is 18.8. The van der Waals surface area contributed by atoms with Gasteiger partial charge in [0.25, 0.3) is 21.8 Å². The lowest BCUT2D eigenvalue weighted by Gasteiger charge is -2.26. The first-order valence-electron chi connectivity index (χ1n) is 11.6. The van der Waals surface area contributed by atoms with Crippen LogP contribution in [0.4, 0.5) is 5.69 Å². The van der Waals surface area contributed by atoms with Crippen LogP contribution >= 0.6 is 23.2 Å². The number of hydrogen-bond acceptors (Lipinski definition) is 5.